The third-order valence-electron chi connectivity index (χ3n) is 4.02. The van der Waals surface area contributed by atoms with E-state index in [9.17, 15) is 0 Å². The highest BCUT2D eigenvalue weighted by atomic mass is 14.9. The molecule has 1 aliphatic rings. The van der Waals surface area contributed by atoms with E-state index in [-0.39, 0.29) is 0 Å². The number of hydrogen-bond donors (Lipinski definition) is 1. The molecule has 0 amide bonds. The van der Waals surface area contributed by atoms with Gasteiger partial charge in [-0.15, -0.1) is 0 Å². The molecular weight excluding hydrogens is 230 g/mol. The Labute approximate surface area is 115 Å². The van der Waals surface area contributed by atoms with Crippen molar-refractivity contribution in [2.75, 3.05) is 6.54 Å². The Kier molecular flexibility index (Phi) is 3.39. The first-order chi connectivity index (χ1) is 9.25. The van der Waals surface area contributed by atoms with Crippen molar-refractivity contribution >= 4 is 0 Å². The SMILES string of the molecule is CC(C)c1ccc2c(c1)[C@@H](c1ccccc1)NCC2. The number of hydrogen-bond acceptors (Lipinski definition) is 1. The first-order valence-corrected chi connectivity index (χ1v) is 7.17. The lowest BCUT2D eigenvalue weighted by Crippen LogP contribution is -2.30. The van der Waals surface area contributed by atoms with Gasteiger partial charge in [-0.1, -0.05) is 62.4 Å². The minimum Gasteiger partial charge on any atom is -0.306 e. The van der Waals surface area contributed by atoms with E-state index >= 15 is 0 Å². The van der Waals surface area contributed by atoms with E-state index < -0.39 is 0 Å². The van der Waals surface area contributed by atoms with Crippen molar-refractivity contribution in [3.8, 4) is 0 Å². The van der Waals surface area contributed by atoms with Gasteiger partial charge in [0.05, 0.1) is 6.04 Å². The summed E-state index contributed by atoms with van der Waals surface area (Å²) in [6.45, 7) is 5.58. The van der Waals surface area contributed by atoms with Crippen molar-refractivity contribution < 1.29 is 0 Å². The second-order valence-corrected chi connectivity index (χ2v) is 5.66. The Balaban J connectivity index is 2.05. The van der Waals surface area contributed by atoms with Crippen LogP contribution in [0.5, 0.6) is 0 Å². The van der Waals surface area contributed by atoms with Gasteiger partial charge in [-0.3, -0.25) is 0 Å². The Morgan fingerprint density at radius 1 is 1.05 bits per heavy atom. The van der Waals surface area contributed by atoms with E-state index in [4.69, 9.17) is 0 Å². The van der Waals surface area contributed by atoms with Gasteiger partial charge in [-0.2, -0.15) is 0 Å². The molecule has 98 valence electrons. The molecule has 1 atom stereocenters. The molecule has 1 heteroatoms. The first kappa shape index (κ1) is 12.4. The molecule has 2 aromatic carbocycles. The second kappa shape index (κ2) is 5.18. The molecule has 2 aromatic rings. The van der Waals surface area contributed by atoms with Crippen LogP contribution in [0.15, 0.2) is 48.5 Å². The molecular formula is C18H21N. The fraction of sp³-hybridized carbons (Fsp3) is 0.333. The lowest BCUT2D eigenvalue weighted by atomic mass is 9.87. The van der Waals surface area contributed by atoms with E-state index in [0.717, 1.165) is 13.0 Å². The molecule has 0 spiro atoms. The van der Waals surface area contributed by atoms with Gasteiger partial charge < -0.3 is 5.32 Å². The molecule has 1 nitrogen and oxygen atoms in total. The molecule has 19 heavy (non-hydrogen) atoms. The van der Waals surface area contributed by atoms with Gasteiger partial charge in [0.1, 0.15) is 0 Å². The van der Waals surface area contributed by atoms with Crippen LogP contribution in [0.1, 0.15) is 48.1 Å². The number of rotatable bonds is 2. The van der Waals surface area contributed by atoms with E-state index in [1.807, 2.05) is 0 Å². The van der Waals surface area contributed by atoms with Gasteiger partial charge in [0.2, 0.25) is 0 Å². The summed E-state index contributed by atoms with van der Waals surface area (Å²) in [6.07, 6.45) is 1.14. The van der Waals surface area contributed by atoms with Crippen LogP contribution in [0, 0.1) is 0 Å². The van der Waals surface area contributed by atoms with Crippen molar-refractivity contribution in [2.24, 2.45) is 0 Å². The average molecular weight is 251 g/mol. The highest BCUT2D eigenvalue weighted by Gasteiger charge is 2.21. The molecule has 0 saturated carbocycles. The Morgan fingerprint density at radius 3 is 2.58 bits per heavy atom. The zero-order valence-electron chi connectivity index (χ0n) is 11.7. The van der Waals surface area contributed by atoms with Gasteiger partial charge in [0.15, 0.2) is 0 Å². The smallest absolute Gasteiger partial charge is 0.0579 e. The lowest BCUT2D eigenvalue weighted by molar-refractivity contribution is 0.566. The Morgan fingerprint density at radius 2 is 1.84 bits per heavy atom. The third kappa shape index (κ3) is 2.43. The van der Waals surface area contributed by atoms with Crippen LogP contribution in [0.3, 0.4) is 0 Å². The van der Waals surface area contributed by atoms with Crippen LogP contribution >= 0.6 is 0 Å². The highest BCUT2D eigenvalue weighted by Crippen LogP contribution is 2.31. The summed E-state index contributed by atoms with van der Waals surface area (Å²) in [4.78, 5) is 0. The van der Waals surface area contributed by atoms with Gasteiger partial charge in [0, 0.05) is 6.54 Å². The van der Waals surface area contributed by atoms with Crippen LogP contribution in [0.25, 0.3) is 0 Å². The molecule has 1 heterocycles. The van der Waals surface area contributed by atoms with Crippen LogP contribution in [0.2, 0.25) is 0 Å². The topological polar surface area (TPSA) is 12.0 Å². The second-order valence-electron chi connectivity index (χ2n) is 5.66. The zero-order valence-corrected chi connectivity index (χ0v) is 11.7. The first-order valence-electron chi connectivity index (χ1n) is 7.17. The summed E-state index contributed by atoms with van der Waals surface area (Å²) in [5.41, 5.74) is 5.76. The van der Waals surface area contributed by atoms with E-state index in [1.165, 1.54) is 22.3 Å². The van der Waals surface area contributed by atoms with Crippen LogP contribution < -0.4 is 5.32 Å². The minimum absolute atomic E-state index is 0.351. The van der Waals surface area contributed by atoms with Gasteiger partial charge in [-0.25, -0.2) is 0 Å². The maximum Gasteiger partial charge on any atom is 0.0579 e. The molecule has 0 bridgehead atoms. The Bertz CT molecular complexity index is 557. The molecule has 0 aliphatic carbocycles. The molecule has 0 fully saturated rings. The summed E-state index contributed by atoms with van der Waals surface area (Å²) >= 11 is 0. The summed E-state index contributed by atoms with van der Waals surface area (Å²) in [5, 5.41) is 3.66. The Hall–Kier alpha value is -1.60. The fourth-order valence-corrected chi connectivity index (χ4v) is 2.87. The lowest BCUT2D eigenvalue weighted by Gasteiger charge is -2.28. The summed E-state index contributed by atoms with van der Waals surface area (Å²) in [5.74, 6) is 0.587. The highest BCUT2D eigenvalue weighted by molar-refractivity contribution is 5.42. The third-order valence-corrected chi connectivity index (χ3v) is 4.02. The molecule has 0 aromatic heterocycles. The number of fused-ring (bicyclic) bond motifs is 1. The van der Waals surface area contributed by atoms with E-state index in [1.54, 1.807) is 0 Å². The predicted octanol–water partition coefficient (Wildman–Crippen LogP) is 4.05. The van der Waals surface area contributed by atoms with E-state index in [2.05, 4.69) is 67.7 Å². The van der Waals surface area contributed by atoms with E-state index in [0.29, 0.717) is 12.0 Å². The van der Waals surface area contributed by atoms with Crippen molar-refractivity contribution in [3.05, 3.63) is 70.8 Å². The van der Waals surface area contributed by atoms with Gasteiger partial charge in [-0.05, 0) is 34.6 Å². The van der Waals surface area contributed by atoms with Crippen molar-refractivity contribution in [3.63, 3.8) is 0 Å². The zero-order chi connectivity index (χ0) is 13.2. The minimum atomic E-state index is 0.351. The summed E-state index contributed by atoms with van der Waals surface area (Å²) in [6, 6.07) is 18.1. The summed E-state index contributed by atoms with van der Waals surface area (Å²) in [7, 11) is 0. The molecule has 3 rings (SSSR count). The summed E-state index contributed by atoms with van der Waals surface area (Å²) < 4.78 is 0. The quantitative estimate of drug-likeness (QED) is 0.849. The number of nitrogens with one attached hydrogen (secondary N) is 1. The fourth-order valence-electron chi connectivity index (χ4n) is 2.87. The van der Waals surface area contributed by atoms with Gasteiger partial charge >= 0.3 is 0 Å². The standard InChI is InChI=1S/C18H21N/c1-13(2)16-9-8-14-10-11-19-18(17(14)12-16)15-6-4-3-5-7-15/h3-9,12-13,18-19H,10-11H2,1-2H3/t18-/m1/s1. The van der Waals surface area contributed by atoms with Crippen molar-refractivity contribution in [1.82, 2.24) is 5.32 Å². The molecule has 0 saturated heterocycles. The van der Waals surface area contributed by atoms with Crippen LogP contribution in [-0.2, 0) is 6.42 Å². The largest absolute Gasteiger partial charge is 0.306 e. The average Bonchev–Trinajstić information content (AvgIpc) is 2.47. The molecule has 1 aliphatic heterocycles. The molecule has 1 N–H and O–H groups in total. The maximum atomic E-state index is 3.66. The van der Waals surface area contributed by atoms with Crippen molar-refractivity contribution in [2.45, 2.75) is 32.2 Å². The van der Waals surface area contributed by atoms with Crippen molar-refractivity contribution in [1.29, 1.82) is 0 Å². The number of benzene rings is 2. The van der Waals surface area contributed by atoms with Crippen LogP contribution in [0.4, 0.5) is 0 Å². The monoisotopic (exact) mass is 251 g/mol. The van der Waals surface area contributed by atoms with Crippen LogP contribution in [-0.4, -0.2) is 6.54 Å². The normalized spacial score (nSPS) is 18.4. The molecule has 0 unspecified atom stereocenters. The predicted molar refractivity (Wildman–Crippen MR) is 80.5 cm³/mol. The van der Waals surface area contributed by atoms with Gasteiger partial charge in [0.25, 0.3) is 0 Å². The maximum absolute atomic E-state index is 3.66. The molecule has 0 radical (unpaired) electrons.